The lowest BCUT2D eigenvalue weighted by atomic mass is 9.94. The van der Waals surface area contributed by atoms with Gasteiger partial charge in [0.25, 0.3) is 5.91 Å². The van der Waals surface area contributed by atoms with Gasteiger partial charge >= 0.3 is 0 Å². The molecule has 0 radical (unpaired) electrons. The smallest absolute Gasteiger partial charge is 0.257 e. The molecule has 52 heavy (non-hydrogen) atoms. The first kappa shape index (κ1) is 33.7. The van der Waals surface area contributed by atoms with Crippen molar-refractivity contribution in [3.05, 3.63) is 119 Å². The van der Waals surface area contributed by atoms with Crippen molar-refractivity contribution in [2.45, 2.75) is 44.6 Å². The minimum Gasteiger partial charge on any atom is -0.493 e. The Morgan fingerprint density at radius 3 is 2.52 bits per heavy atom. The molecule has 2 N–H and O–H groups in total. The van der Waals surface area contributed by atoms with E-state index in [4.69, 9.17) is 41.5 Å². The Morgan fingerprint density at radius 1 is 0.942 bits per heavy atom. The summed E-state index contributed by atoms with van der Waals surface area (Å²) in [6.07, 6.45) is 2.78. The van der Waals surface area contributed by atoms with Crippen molar-refractivity contribution < 1.29 is 23.8 Å². The van der Waals surface area contributed by atoms with Crippen molar-refractivity contribution in [1.82, 2.24) is 9.88 Å². The number of benzene rings is 4. The van der Waals surface area contributed by atoms with Gasteiger partial charge in [-0.1, -0.05) is 54.6 Å². The molecule has 2 amide bonds. The number of fused-ring (bicyclic) bond motifs is 6. The Balaban J connectivity index is 0.890. The standard InChI is InChI=1S/C41H38ClN5O5/c1-50-37-16-33-35(44-20-30-15-25-7-2-3-8-26(25)21-46(30)41(33)49)18-38(37)52-24-29-10-6-9-28(45-29)23-51-14-13-39(48)47-22-27(19-42)40-32-12-5-4-11-31(32)34(43)17-36(40)47/h2-12,16-18,20,27,30H,13-15,19,21-24,43H2,1H3/t27-,30+/m1/s1. The zero-order valence-corrected chi connectivity index (χ0v) is 29.5. The number of ether oxygens (including phenoxy) is 3. The molecule has 1 aromatic heterocycles. The van der Waals surface area contributed by atoms with Crippen LogP contribution in [0, 0.1) is 0 Å². The summed E-state index contributed by atoms with van der Waals surface area (Å²) < 4.78 is 17.7. The molecule has 0 spiro atoms. The van der Waals surface area contributed by atoms with E-state index >= 15 is 0 Å². The fourth-order valence-corrected chi connectivity index (χ4v) is 7.72. The summed E-state index contributed by atoms with van der Waals surface area (Å²) in [5, 5.41) is 2.01. The molecule has 8 rings (SSSR count). The lowest BCUT2D eigenvalue weighted by molar-refractivity contribution is -0.119. The van der Waals surface area contributed by atoms with Gasteiger partial charge in [0.2, 0.25) is 5.91 Å². The third kappa shape index (κ3) is 6.33. The Hall–Kier alpha value is -5.45. The summed E-state index contributed by atoms with van der Waals surface area (Å²) in [6, 6.07) is 27.0. The topological polar surface area (TPSA) is 120 Å². The van der Waals surface area contributed by atoms with Crippen LogP contribution in [0.25, 0.3) is 10.8 Å². The molecule has 4 aromatic carbocycles. The van der Waals surface area contributed by atoms with E-state index in [2.05, 4.69) is 12.1 Å². The van der Waals surface area contributed by atoms with E-state index in [1.807, 2.05) is 71.8 Å². The van der Waals surface area contributed by atoms with Gasteiger partial charge in [-0.05, 0) is 52.8 Å². The van der Waals surface area contributed by atoms with E-state index in [9.17, 15) is 9.59 Å². The fourth-order valence-electron chi connectivity index (χ4n) is 7.47. The molecule has 0 fully saturated rings. The summed E-state index contributed by atoms with van der Waals surface area (Å²) in [7, 11) is 1.55. The fraction of sp³-hybridized carbons (Fsp3) is 0.268. The van der Waals surface area contributed by atoms with Crippen LogP contribution in [0.1, 0.15) is 50.8 Å². The Morgan fingerprint density at radius 2 is 1.71 bits per heavy atom. The predicted octanol–water partition coefficient (Wildman–Crippen LogP) is 6.96. The lowest BCUT2D eigenvalue weighted by Crippen LogP contribution is -2.44. The molecule has 10 nitrogen and oxygen atoms in total. The molecule has 0 saturated carbocycles. The van der Waals surface area contributed by atoms with Crippen molar-refractivity contribution in [3.8, 4) is 11.5 Å². The van der Waals surface area contributed by atoms with Crippen molar-refractivity contribution in [3.63, 3.8) is 0 Å². The first-order valence-electron chi connectivity index (χ1n) is 17.4. The monoisotopic (exact) mass is 715 g/mol. The molecule has 3 aliphatic rings. The number of carbonyl (C=O) groups excluding carboxylic acids is 2. The quantitative estimate of drug-likeness (QED) is 0.0943. The third-order valence-corrected chi connectivity index (χ3v) is 10.5. The number of halogens is 1. The maximum atomic E-state index is 13.7. The van der Waals surface area contributed by atoms with Gasteiger partial charge in [-0.25, -0.2) is 0 Å². The van der Waals surface area contributed by atoms with E-state index in [1.54, 1.807) is 24.1 Å². The number of hydrogen-bond acceptors (Lipinski definition) is 8. The Labute approximate surface area is 306 Å². The van der Waals surface area contributed by atoms with Crippen molar-refractivity contribution in [1.29, 1.82) is 0 Å². The largest absolute Gasteiger partial charge is 0.493 e. The molecule has 0 aliphatic carbocycles. The van der Waals surface area contributed by atoms with Gasteiger partial charge in [0.05, 0.1) is 55.4 Å². The molecule has 264 valence electrons. The number of nitrogens with zero attached hydrogens (tertiary/aromatic N) is 4. The molecule has 5 aromatic rings. The van der Waals surface area contributed by atoms with Crippen molar-refractivity contribution in [2.24, 2.45) is 4.99 Å². The van der Waals surface area contributed by atoms with Crippen LogP contribution in [-0.2, 0) is 35.7 Å². The van der Waals surface area contributed by atoms with Crippen LogP contribution in [0.15, 0.2) is 89.9 Å². The van der Waals surface area contributed by atoms with Gasteiger partial charge in [-0.15, -0.1) is 11.6 Å². The Bertz CT molecular complexity index is 2220. The number of hydrogen-bond donors (Lipinski definition) is 1. The molecule has 0 saturated heterocycles. The number of nitrogen functional groups attached to an aromatic ring is 1. The van der Waals surface area contributed by atoms with Crippen LogP contribution in [0.3, 0.4) is 0 Å². The van der Waals surface area contributed by atoms with Gasteiger partial charge in [0, 0.05) is 53.9 Å². The van der Waals surface area contributed by atoms with Crippen molar-refractivity contribution in [2.75, 3.05) is 36.8 Å². The first-order valence-corrected chi connectivity index (χ1v) is 17.9. The Kier molecular flexibility index (Phi) is 9.25. The first-order chi connectivity index (χ1) is 25.4. The van der Waals surface area contributed by atoms with E-state index in [0.29, 0.717) is 58.8 Å². The van der Waals surface area contributed by atoms with Crippen LogP contribution in [0.4, 0.5) is 17.1 Å². The number of pyridine rings is 1. The zero-order valence-electron chi connectivity index (χ0n) is 28.8. The highest BCUT2D eigenvalue weighted by atomic mass is 35.5. The highest BCUT2D eigenvalue weighted by Crippen LogP contribution is 2.44. The second kappa shape index (κ2) is 14.3. The number of methoxy groups -OCH3 is 1. The molecular weight excluding hydrogens is 678 g/mol. The van der Waals surface area contributed by atoms with Crippen LogP contribution in [0.2, 0.25) is 0 Å². The maximum absolute atomic E-state index is 13.7. The third-order valence-electron chi connectivity index (χ3n) is 10.1. The number of amides is 2. The number of aliphatic imine (C=N–C) groups is 1. The summed E-state index contributed by atoms with van der Waals surface area (Å²) in [5.74, 6) is 1.22. The average Bonchev–Trinajstić information content (AvgIpc) is 3.50. The lowest BCUT2D eigenvalue weighted by Gasteiger charge is -2.34. The predicted molar refractivity (Wildman–Crippen MR) is 202 cm³/mol. The maximum Gasteiger partial charge on any atom is 0.257 e. The van der Waals surface area contributed by atoms with Gasteiger partial charge in [-0.3, -0.25) is 19.6 Å². The number of anilines is 2. The van der Waals surface area contributed by atoms with E-state index < -0.39 is 0 Å². The zero-order chi connectivity index (χ0) is 35.8. The second-order valence-corrected chi connectivity index (χ2v) is 13.6. The number of carbonyl (C=O) groups is 2. The summed E-state index contributed by atoms with van der Waals surface area (Å²) in [4.78, 5) is 40.2. The van der Waals surface area contributed by atoms with Gasteiger partial charge < -0.3 is 29.7 Å². The van der Waals surface area contributed by atoms with Crippen molar-refractivity contribution >= 4 is 57.5 Å². The molecule has 3 aliphatic heterocycles. The van der Waals surface area contributed by atoms with E-state index in [0.717, 1.165) is 34.0 Å². The van der Waals surface area contributed by atoms with Gasteiger partial charge in [0.15, 0.2) is 11.5 Å². The van der Waals surface area contributed by atoms with Crippen LogP contribution in [-0.4, -0.2) is 60.1 Å². The highest BCUT2D eigenvalue weighted by molar-refractivity contribution is 6.19. The van der Waals surface area contributed by atoms with Crippen LogP contribution < -0.4 is 20.1 Å². The number of rotatable bonds is 10. The summed E-state index contributed by atoms with van der Waals surface area (Å²) in [5.41, 5.74) is 13.7. The van der Waals surface area contributed by atoms with Gasteiger partial charge in [0.1, 0.15) is 6.61 Å². The second-order valence-electron chi connectivity index (χ2n) is 13.3. The summed E-state index contributed by atoms with van der Waals surface area (Å²) >= 11 is 6.36. The molecular formula is C41H38ClN5O5. The minimum absolute atomic E-state index is 0.0305. The molecule has 4 heterocycles. The van der Waals surface area contributed by atoms with Crippen LogP contribution >= 0.6 is 11.6 Å². The molecule has 2 atom stereocenters. The molecule has 0 bridgehead atoms. The minimum atomic E-state index is -0.127. The highest BCUT2D eigenvalue weighted by Gasteiger charge is 2.35. The normalized spacial score (nSPS) is 17.3. The number of nitrogens with two attached hydrogens (primary N) is 1. The van der Waals surface area contributed by atoms with E-state index in [-0.39, 0.29) is 50.0 Å². The molecule has 11 heteroatoms. The number of aromatic nitrogens is 1. The summed E-state index contributed by atoms with van der Waals surface area (Å²) in [6.45, 7) is 1.68. The average molecular weight is 716 g/mol. The van der Waals surface area contributed by atoms with Crippen LogP contribution in [0.5, 0.6) is 11.5 Å². The SMILES string of the molecule is COc1cc2c(cc1OCc1cccc(COCCC(=O)N3C[C@@H](CCl)c4c3cc(N)c3ccccc43)n1)N=C[C@@H]1Cc3ccccc3CN1C2=O. The van der Waals surface area contributed by atoms with E-state index in [1.165, 1.54) is 5.56 Å². The molecule has 0 unspecified atom stereocenters. The van der Waals surface area contributed by atoms with Gasteiger partial charge in [-0.2, -0.15) is 0 Å². The number of alkyl halides is 1.